The number of anilines is 1. The lowest BCUT2D eigenvalue weighted by molar-refractivity contribution is -0.121. The summed E-state index contributed by atoms with van der Waals surface area (Å²) in [6.45, 7) is 2.64. The number of cyclic esters (lactones) is 1. The van der Waals surface area contributed by atoms with Gasteiger partial charge >= 0.3 is 6.09 Å². The van der Waals surface area contributed by atoms with Gasteiger partial charge in [-0.25, -0.2) is 9.18 Å². The molecule has 0 spiro atoms. The van der Waals surface area contributed by atoms with Crippen molar-refractivity contribution in [3.63, 3.8) is 0 Å². The van der Waals surface area contributed by atoms with Crippen LogP contribution in [-0.2, 0) is 20.7 Å². The van der Waals surface area contributed by atoms with Gasteiger partial charge in [0.2, 0.25) is 5.91 Å². The molecule has 1 aliphatic rings. The molecular weight excluding hydrogens is 327 g/mol. The molecule has 0 saturated carbocycles. The fraction of sp³-hybridized carbons (Fsp3) is 0.429. The zero-order valence-corrected chi connectivity index (χ0v) is 13.4. The molecular formula is C14H17FN2O5S. The summed E-state index contributed by atoms with van der Waals surface area (Å²) >= 11 is -1.65. The number of nitrogens with one attached hydrogen (secondary N) is 1. The van der Waals surface area contributed by atoms with Crippen molar-refractivity contribution < 1.29 is 28.4 Å². The number of benzene rings is 1. The number of carbonyl (C=O) groups excluding carboxylic acids is 2. The Hall–Kier alpha value is -1.84. The predicted octanol–water partition coefficient (Wildman–Crippen LogP) is 0.733. The summed E-state index contributed by atoms with van der Waals surface area (Å²) in [5, 5.41) is 11.3. The molecule has 7 nitrogen and oxygen atoms in total. The van der Waals surface area contributed by atoms with Crippen LogP contribution in [-0.4, -0.2) is 46.3 Å². The molecule has 0 radical (unpaired) electrons. The lowest BCUT2D eigenvalue weighted by Gasteiger charge is -2.21. The van der Waals surface area contributed by atoms with Gasteiger partial charge in [0, 0.05) is 13.0 Å². The number of aliphatic hydroxyl groups is 1. The number of aliphatic hydroxyl groups excluding tert-OH is 1. The van der Waals surface area contributed by atoms with Gasteiger partial charge in [-0.15, -0.1) is 0 Å². The number of ether oxygens (including phenoxy) is 1. The molecule has 1 heterocycles. The van der Waals surface area contributed by atoms with E-state index in [1.165, 1.54) is 24.0 Å². The standard InChI is InChI=1S/C14H17FN2O5S/c1-8-13(16-9(2)19)22-14(20)17(8)10-3-4-12(11(15)7-10)23(21)6-5-18/h3-4,7-8,13,18H,5-6H2,1-2H3,(H,16,19)/t8?,13-,23?/m0/s1. The number of halogens is 1. The molecule has 0 aromatic heterocycles. The smallest absolute Gasteiger partial charge is 0.416 e. The Labute approximate surface area is 135 Å². The molecule has 1 aliphatic heterocycles. The Morgan fingerprint density at radius 3 is 2.83 bits per heavy atom. The number of hydrogen-bond donors (Lipinski definition) is 2. The van der Waals surface area contributed by atoms with E-state index >= 15 is 0 Å². The Kier molecular flexibility index (Phi) is 5.45. The molecule has 9 heteroatoms. The molecule has 2 rings (SSSR count). The van der Waals surface area contributed by atoms with Crippen molar-refractivity contribution in [1.29, 1.82) is 0 Å². The fourth-order valence-electron chi connectivity index (χ4n) is 2.27. The van der Waals surface area contributed by atoms with Crippen LogP contribution in [0.1, 0.15) is 13.8 Å². The molecule has 3 atom stereocenters. The molecule has 1 aromatic rings. The maximum Gasteiger partial charge on any atom is 0.416 e. The first-order chi connectivity index (χ1) is 10.8. The molecule has 1 fully saturated rings. The van der Waals surface area contributed by atoms with Gasteiger partial charge in [-0.05, 0) is 30.2 Å². The fourth-order valence-corrected chi connectivity index (χ4v) is 3.16. The first-order valence-corrected chi connectivity index (χ1v) is 8.22. The van der Waals surface area contributed by atoms with Crippen molar-refractivity contribution in [2.24, 2.45) is 0 Å². The van der Waals surface area contributed by atoms with Crippen molar-refractivity contribution in [3.05, 3.63) is 24.0 Å². The Morgan fingerprint density at radius 2 is 2.26 bits per heavy atom. The van der Waals surface area contributed by atoms with Gasteiger partial charge in [-0.2, -0.15) is 0 Å². The minimum Gasteiger partial charge on any atom is -0.611 e. The van der Waals surface area contributed by atoms with E-state index in [0.717, 1.165) is 6.07 Å². The first-order valence-electron chi connectivity index (χ1n) is 6.91. The second-order valence-corrected chi connectivity index (χ2v) is 6.54. The van der Waals surface area contributed by atoms with Crippen molar-refractivity contribution >= 4 is 28.9 Å². The summed E-state index contributed by atoms with van der Waals surface area (Å²) in [7, 11) is 0. The highest BCUT2D eigenvalue weighted by molar-refractivity contribution is 7.91. The van der Waals surface area contributed by atoms with Crippen LogP contribution >= 0.6 is 0 Å². The monoisotopic (exact) mass is 344 g/mol. The third-order valence-electron chi connectivity index (χ3n) is 3.33. The van der Waals surface area contributed by atoms with E-state index in [1.54, 1.807) is 6.92 Å². The SMILES string of the molecule is CC(=O)N[C@H]1OC(=O)N(c2ccc([S+]([O-])CCO)c(F)c2)C1C. The number of hydrogen-bond acceptors (Lipinski definition) is 5. The van der Waals surface area contributed by atoms with Crippen LogP contribution < -0.4 is 10.2 Å². The molecule has 2 unspecified atom stereocenters. The molecule has 2 amide bonds. The van der Waals surface area contributed by atoms with E-state index in [4.69, 9.17) is 9.84 Å². The number of nitrogens with zero attached hydrogens (tertiary/aromatic N) is 1. The minimum absolute atomic E-state index is 0.0403. The molecule has 126 valence electrons. The summed E-state index contributed by atoms with van der Waals surface area (Å²) in [6.07, 6.45) is -1.54. The van der Waals surface area contributed by atoms with Crippen molar-refractivity contribution in [2.45, 2.75) is 31.0 Å². The molecule has 23 heavy (non-hydrogen) atoms. The summed E-state index contributed by atoms with van der Waals surface area (Å²) in [6, 6.07) is 3.31. The van der Waals surface area contributed by atoms with Gasteiger partial charge < -0.3 is 19.7 Å². The van der Waals surface area contributed by atoms with E-state index in [2.05, 4.69) is 5.32 Å². The van der Waals surface area contributed by atoms with Crippen LogP contribution in [0.3, 0.4) is 0 Å². The number of carbonyl (C=O) groups is 2. The van der Waals surface area contributed by atoms with Gasteiger partial charge in [-0.1, -0.05) is 0 Å². The molecule has 1 aromatic carbocycles. The molecule has 0 aliphatic carbocycles. The van der Waals surface area contributed by atoms with Crippen molar-refractivity contribution in [1.82, 2.24) is 5.32 Å². The summed E-state index contributed by atoms with van der Waals surface area (Å²) in [5.74, 6) is -1.15. The van der Waals surface area contributed by atoms with Crippen LogP contribution in [0.4, 0.5) is 14.9 Å². The molecule has 2 N–H and O–H groups in total. The topological polar surface area (TPSA) is 102 Å². The molecule has 0 bridgehead atoms. The summed E-state index contributed by atoms with van der Waals surface area (Å²) in [4.78, 5) is 24.2. The largest absolute Gasteiger partial charge is 0.611 e. The van der Waals surface area contributed by atoms with Crippen LogP contribution in [0.2, 0.25) is 0 Å². The average Bonchev–Trinajstić information content (AvgIpc) is 2.72. The second kappa shape index (κ2) is 7.16. The van der Waals surface area contributed by atoms with Gasteiger partial charge in [0.05, 0.1) is 18.3 Å². The first kappa shape index (κ1) is 17.5. The van der Waals surface area contributed by atoms with Crippen LogP contribution in [0.25, 0.3) is 0 Å². The van der Waals surface area contributed by atoms with Gasteiger partial charge in [0.25, 0.3) is 0 Å². The van der Waals surface area contributed by atoms with Gasteiger partial charge in [-0.3, -0.25) is 9.69 Å². The highest BCUT2D eigenvalue weighted by atomic mass is 32.2. The molecule has 1 saturated heterocycles. The van der Waals surface area contributed by atoms with Crippen LogP contribution in [0, 0.1) is 5.82 Å². The average molecular weight is 344 g/mol. The lowest BCUT2D eigenvalue weighted by atomic mass is 10.2. The van der Waals surface area contributed by atoms with E-state index in [-0.39, 0.29) is 28.8 Å². The second-order valence-electron chi connectivity index (χ2n) is 5.00. The van der Waals surface area contributed by atoms with E-state index in [9.17, 15) is 18.5 Å². The van der Waals surface area contributed by atoms with Crippen LogP contribution in [0.5, 0.6) is 0 Å². The third-order valence-corrected chi connectivity index (χ3v) is 4.71. The maximum absolute atomic E-state index is 14.1. The minimum atomic E-state index is -1.65. The van der Waals surface area contributed by atoms with Crippen molar-refractivity contribution in [3.8, 4) is 0 Å². The van der Waals surface area contributed by atoms with Gasteiger partial charge in [0.15, 0.2) is 16.9 Å². The summed E-state index contributed by atoms with van der Waals surface area (Å²) < 4.78 is 30.9. The van der Waals surface area contributed by atoms with E-state index in [1.807, 2.05) is 0 Å². The zero-order valence-electron chi connectivity index (χ0n) is 12.6. The van der Waals surface area contributed by atoms with Crippen molar-refractivity contribution in [2.75, 3.05) is 17.3 Å². The Bertz CT molecular complexity index is 615. The third kappa shape index (κ3) is 3.74. The number of rotatable bonds is 5. The maximum atomic E-state index is 14.1. The number of amides is 2. The highest BCUT2D eigenvalue weighted by Crippen LogP contribution is 2.29. The lowest BCUT2D eigenvalue weighted by Crippen LogP contribution is -2.43. The Balaban J connectivity index is 2.23. The van der Waals surface area contributed by atoms with E-state index in [0.29, 0.717) is 0 Å². The zero-order chi connectivity index (χ0) is 17.1. The van der Waals surface area contributed by atoms with Crippen LogP contribution in [0.15, 0.2) is 23.1 Å². The van der Waals surface area contributed by atoms with E-state index < -0.39 is 35.4 Å². The predicted molar refractivity (Wildman–Crippen MR) is 80.8 cm³/mol. The highest BCUT2D eigenvalue weighted by Gasteiger charge is 2.40. The normalized spacial score (nSPS) is 22.0. The van der Waals surface area contributed by atoms with Gasteiger partial charge in [0.1, 0.15) is 5.75 Å². The summed E-state index contributed by atoms with van der Waals surface area (Å²) in [5.41, 5.74) is 0.234. The Morgan fingerprint density at radius 1 is 1.57 bits per heavy atom. The quantitative estimate of drug-likeness (QED) is 0.767.